The zero-order valence-corrected chi connectivity index (χ0v) is 32.0. The van der Waals surface area contributed by atoms with Crippen molar-refractivity contribution in [1.29, 1.82) is 0 Å². The van der Waals surface area contributed by atoms with Crippen LogP contribution in [0.5, 0.6) is 11.5 Å². The number of hydrogen-bond acceptors (Lipinski definition) is 14. The molecule has 0 spiro atoms. The van der Waals surface area contributed by atoms with Crippen LogP contribution < -0.4 is 40.5 Å². The van der Waals surface area contributed by atoms with E-state index < -0.39 is 66.3 Å². The van der Waals surface area contributed by atoms with Gasteiger partial charge in [-0.3, -0.25) is 9.59 Å². The topological polar surface area (TPSA) is 292 Å². The number of carbonyl (C=O) groups is 2. The molecule has 4 aromatic carbocycles. The Balaban J connectivity index is 0.00000105. The van der Waals surface area contributed by atoms with Gasteiger partial charge < -0.3 is 31.1 Å². The van der Waals surface area contributed by atoms with Crippen LogP contribution in [-0.2, 0) is 46.7 Å². The van der Waals surface area contributed by atoms with E-state index in [4.69, 9.17) is 0 Å². The van der Waals surface area contributed by atoms with Crippen molar-refractivity contribution in [2.24, 2.45) is 20.5 Å². The molecule has 0 aliphatic rings. The van der Waals surface area contributed by atoms with Crippen LogP contribution in [0.25, 0.3) is 0 Å². The molecule has 292 valence electrons. The number of azo groups is 2. The van der Waals surface area contributed by atoms with Crippen LogP contribution in [0.2, 0.25) is 0 Å². The van der Waals surface area contributed by atoms with Gasteiger partial charge in [-0.05, 0) is 62.6 Å². The molecule has 0 atom stereocenters. The molecule has 0 saturated heterocycles. The minimum absolute atomic E-state index is 0. The minimum atomic E-state index is -3.79. The van der Waals surface area contributed by atoms with E-state index in [2.05, 4.69) is 40.5 Å². The van der Waals surface area contributed by atoms with E-state index in [1.54, 1.807) is 60.7 Å². The summed E-state index contributed by atoms with van der Waals surface area (Å²) in [6.07, 6.45) is 0. The molecule has 0 bridgehead atoms. The fourth-order valence-corrected chi connectivity index (χ4v) is 5.40. The number of para-hydroxylation sites is 2. The Morgan fingerprint density at radius 2 is 0.909 bits per heavy atom. The van der Waals surface area contributed by atoms with Gasteiger partial charge in [0.05, 0.1) is 21.2 Å². The fraction of sp³-hybridized carbons (Fsp3) is 0.118. The van der Waals surface area contributed by atoms with E-state index in [1.165, 1.54) is 14.1 Å². The first-order valence-corrected chi connectivity index (χ1v) is 18.3. The number of sulfonamides is 2. The van der Waals surface area contributed by atoms with E-state index in [0.717, 1.165) is 50.2 Å². The third kappa shape index (κ3) is 13.1. The Labute approximate surface area is 330 Å². The summed E-state index contributed by atoms with van der Waals surface area (Å²) in [4.78, 5) is 24.1. The number of rotatable bonds is 12. The van der Waals surface area contributed by atoms with Gasteiger partial charge >= 0.3 is 2.85 Å². The van der Waals surface area contributed by atoms with Gasteiger partial charge in [0.15, 0.2) is 0 Å². The molecule has 21 heteroatoms. The van der Waals surface area contributed by atoms with Crippen molar-refractivity contribution in [3.05, 3.63) is 120 Å². The van der Waals surface area contributed by atoms with Gasteiger partial charge in [-0.15, -0.1) is 21.7 Å². The van der Waals surface area contributed by atoms with Gasteiger partial charge in [0, 0.05) is 28.4 Å². The van der Waals surface area contributed by atoms with E-state index in [1.807, 2.05) is 0 Å². The molecule has 0 aliphatic carbocycles. The number of carbonyl (C=O) groups excluding carboxylic acids is 2. The summed E-state index contributed by atoms with van der Waals surface area (Å²) in [7, 11) is -5.15. The molecule has 0 saturated carbocycles. The van der Waals surface area contributed by atoms with Crippen molar-refractivity contribution in [3.63, 3.8) is 0 Å². The van der Waals surface area contributed by atoms with Crippen LogP contribution >= 0.6 is 0 Å². The maximum Gasteiger partial charge on any atom is 1.00 e. The molecule has 4 N–H and O–H groups in total. The summed E-state index contributed by atoms with van der Waals surface area (Å²) in [5.41, 5.74) is -0.804. The van der Waals surface area contributed by atoms with Crippen molar-refractivity contribution >= 4 is 54.6 Å². The van der Waals surface area contributed by atoms with Gasteiger partial charge in [0.2, 0.25) is 20.0 Å². The van der Waals surface area contributed by atoms with Crippen molar-refractivity contribution < 1.29 is 66.8 Å². The zero-order chi connectivity index (χ0) is 40.1. The van der Waals surface area contributed by atoms with Crippen molar-refractivity contribution in [1.82, 2.24) is 9.44 Å². The Morgan fingerprint density at radius 3 is 1.20 bits per heavy atom. The monoisotopic (exact) mass is 834 g/mol. The number of allylic oxidation sites excluding steroid dienone is 2. The molecule has 0 unspecified atom stereocenters. The number of benzene rings is 4. The van der Waals surface area contributed by atoms with Crippen molar-refractivity contribution in [3.8, 4) is 11.5 Å². The van der Waals surface area contributed by atoms with Crippen LogP contribution in [-0.4, -0.2) is 42.7 Å². The Hall–Kier alpha value is -5.96. The van der Waals surface area contributed by atoms with E-state index in [9.17, 15) is 46.9 Å². The molecule has 55 heavy (non-hydrogen) atoms. The molecule has 0 aliphatic heterocycles. The SMILES string of the molecule is CNS(=O)(=O)c1ccc([O-])c(N=N/C(C(=O)Nc2ccccc2)=C(/C)[O-])c1.CNS(=O)(=O)c1ccc([O-])c(N=N/C(C(=O)Nc2ccccc2)=C(/C)[O-])c1.[Fe].[H+].[H+]. The number of nitrogens with one attached hydrogen (secondary N) is 4. The molecule has 0 heterocycles. The first kappa shape index (κ1) is 45.2. The second kappa shape index (κ2) is 20.5. The van der Waals surface area contributed by atoms with Gasteiger partial charge in [0.25, 0.3) is 11.8 Å². The largest absolute Gasteiger partial charge is 1.00 e. The van der Waals surface area contributed by atoms with Gasteiger partial charge in [-0.1, -0.05) is 73.9 Å². The summed E-state index contributed by atoms with van der Waals surface area (Å²) < 4.78 is 51.5. The minimum Gasteiger partial charge on any atom is -0.874 e. The first-order valence-electron chi connectivity index (χ1n) is 15.3. The smallest absolute Gasteiger partial charge is 0.874 e. The molecular formula is C34H34FeN8O10S2-2. The predicted molar refractivity (Wildman–Crippen MR) is 191 cm³/mol. The second-order valence-corrected chi connectivity index (χ2v) is 14.3. The molecule has 4 rings (SSSR count). The van der Waals surface area contributed by atoms with E-state index in [0.29, 0.717) is 11.4 Å². The zero-order valence-electron chi connectivity index (χ0n) is 31.3. The fourth-order valence-electron chi connectivity index (χ4n) is 3.90. The second-order valence-electron chi connectivity index (χ2n) is 10.5. The van der Waals surface area contributed by atoms with Crippen LogP contribution in [0, 0.1) is 0 Å². The van der Waals surface area contributed by atoms with Crippen LogP contribution in [0.1, 0.15) is 16.7 Å². The maximum atomic E-state index is 12.2. The summed E-state index contributed by atoms with van der Waals surface area (Å²) in [5.74, 6) is -4.16. The normalized spacial score (nSPS) is 12.4. The number of nitrogens with zero attached hydrogens (tertiary/aromatic N) is 4. The van der Waals surface area contributed by atoms with Crippen molar-refractivity contribution in [2.45, 2.75) is 23.6 Å². The average molecular weight is 835 g/mol. The molecule has 4 aromatic rings. The number of anilines is 2. The molecule has 0 radical (unpaired) electrons. The third-order valence-electron chi connectivity index (χ3n) is 6.69. The summed E-state index contributed by atoms with van der Waals surface area (Å²) in [5, 5.41) is 66.5. The first-order chi connectivity index (χ1) is 25.5. The summed E-state index contributed by atoms with van der Waals surface area (Å²) >= 11 is 0. The van der Waals surface area contributed by atoms with Gasteiger partial charge in [-0.2, -0.15) is 10.2 Å². The van der Waals surface area contributed by atoms with E-state index in [-0.39, 0.29) is 41.1 Å². The third-order valence-corrected chi connectivity index (χ3v) is 9.52. The maximum absolute atomic E-state index is 12.2. The van der Waals surface area contributed by atoms with Crippen LogP contribution in [0.4, 0.5) is 22.7 Å². The molecular weight excluding hydrogens is 800 g/mol. The number of hydrogen-bond donors (Lipinski definition) is 4. The van der Waals surface area contributed by atoms with Gasteiger partial charge in [0.1, 0.15) is 11.4 Å². The Kier molecular flexibility index (Phi) is 16.8. The summed E-state index contributed by atoms with van der Waals surface area (Å²) in [6, 6.07) is 23.0. The molecule has 18 nitrogen and oxygen atoms in total. The summed E-state index contributed by atoms with van der Waals surface area (Å²) in [6.45, 7) is 2.25. The van der Waals surface area contributed by atoms with Crippen LogP contribution in [0.15, 0.2) is 150 Å². The van der Waals surface area contributed by atoms with Gasteiger partial charge in [-0.25, -0.2) is 26.3 Å². The average Bonchev–Trinajstić information content (AvgIpc) is 3.13. The molecule has 0 fully saturated rings. The quantitative estimate of drug-likeness (QED) is 0.0698. The Morgan fingerprint density at radius 1 is 0.582 bits per heavy atom. The van der Waals surface area contributed by atoms with E-state index >= 15 is 0 Å². The Bertz CT molecular complexity index is 2180. The van der Waals surface area contributed by atoms with Crippen LogP contribution in [0.3, 0.4) is 0 Å². The van der Waals surface area contributed by atoms with Crippen molar-refractivity contribution in [2.75, 3.05) is 24.7 Å². The molecule has 2 amide bonds. The number of amides is 2. The predicted octanol–water partition coefficient (Wildman–Crippen LogP) is 2.19. The standard InChI is InChI=1S/2C17H18N4O5S.Fe/c2*1-11(22)16(17(24)19-12-6-4-3-5-7-12)21-20-14-10-13(8-9-15(14)23)27(25,26)18-2;/h2*3-10,18,22-23H,1-2H3,(H,19,24);/p-2/b2*16-11-,21-20?;. The molecule has 0 aromatic heterocycles.